The van der Waals surface area contributed by atoms with Gasteiger partial charge in [0.2, 0.25) is 0 Å². The van der Waals surface area contributed by atoms with Crippen molar-refractivity contribution in [3.8, 4) is 0 Å². The lowest BCUT2D eigenvalue weighted by Gasteiger charge is -2.23. The first-order valence-electron chi connectivity index (χ1n) is 6.64. The predicted octanol–water partition coefficient (Wildman–Crippen LogP) is 3.03. The van der Waals surface area contributed by atoms with Crippen molar-refractivity contribution in [1.29, 1.82) is 0 Å². The van der Waals surface area contributed by atoms with Crippen LogP contribution in [0, 0.1) is 19.7 Å². The number of benzene rings is 1. The quantitative estimate of drug-likeness (QED) is 0.883. The van der Waals surface area contributed by atoms with Crippen LogP contribution in [-0.4, -0.2) is 11.7 Å². The molecule has 4 heteroatoms. The van der Waals surface area contributed by atoms with Crippen molar-refractivity contribution in [3.05, 3.63) is 58.8 Å². The molecule has 1 atom stereocenters. The van der Waals surface area contributed by atoms with Crippen molar-refractivity contribution < 1.29 is 13.9 Å². The van der Waals surface area contributed by atoms with Crippen LogP contribution >= 0.6 is 0 Å². The van der Waals surface area contributed by atoms with Crippen molar-refractivity contribution in [3.63, 3.8) is 0 Å². The SMILES string of the molecule is Cc1cc(C(C)(O)CNCc2ccccc2F)c(C)o1. The van der Waals surface area contributed by atoms with Crippen LogP contribution in [0.5, 0.6) is 0 Å². The maximum atomic E-state index is 13.5. The summed E-state index contributed by atoms with van der Waals surface area (Å²) in [6.45, 7) is 6.09. The molecule has 0 saturated heterocycles. The molecule has 0 saturated carbocycles. The zero-order chi connectivity index (χ0) is 14.8. The van der Waals surface area contributed by atoms with Gasteiger partial charge in [-0.15, -0.1) is 0 Å². The number of nitrogens with one attached hydrogen (secondary N) is 1. The molecular formula is C16H20FNO2. The lowest BCUT2D eigenvalue weighted by Crippen LogP contribution is -2.35. The van der Waals surface area contributed by atoms with E-state index in [0.717, 1.165) is 11.3 Å². The van der Waals surface area contributed by atoms with Crippen molar-refractivity contribution >= 4 is 0 Å². The fraction of sp³-hybridized carbons (Fsp3) is 0.375. The summed E-state index contributed by atoms with van der Waals surface area (Å²) in [4.78, 5) is 0. The van der Waals surface area contributed by atoms with Crippen LogP contribution in [0.25, 0.3) is 0 Å². The molecular weight excluding hydrogens is 257 g/mol. The fourth-order valence-corrected chi connectivity index (χ4v) is 2.34. The first-order chi connectivity index (χ1) is 9.40. The Morgan fingerprint density at radius 2 is 2.00 bits per heavy atom. The number of furan rings is 1. The molecule has 0 aliphatic heterocycles. The maximum absolute atomic E-state index is 13.5. The van der Waals surface area contributed by atoms with E-state index in [9.17, 15) is 9.50 Å². The van der Waals surface area contributed by atoms with Gasteiger partial charge < -0.3 is 14.8 Å². The largest absolute Gasteiger partial charge is 0.466 e. The molecule has 108 valence electrons. The van der Waals surface area contributed by atoms with Crippen LogP contribution in [0.2, 0.25) is 0 Å². The van der Waals surface area contributed by atoms with Crippen LogP contribution in [0.3, 0.4) is 0 Å². The zero-order valence-electron chi connectivity index (χ0n) is 12.0. The van der Waals surface area contributed by atoms with Gasteiger partial charge in [0.1, 0.15) is 22.9 Å². The Balaban J connectivity index is 1.99. The fourth-order valence-electron chi connectivity index (χ4n) is 2.34. The highest BCUT2D eigenvalue weighted by Crippen LogP contribution is 2.26. The van der Waals surface area contributed by atoms with Gasteiger partial charge in [-0.2, -0.15) is 0 Å². The van der Waals surface area contributed by atoms with E-state index in [4.69, 9.17) is 4.42 Å². The van der Waals surface area contributed by atoms with E-state index < -0.39 is 5.60 Å². The van der Waals surface area contributed by atoms with Crippen LogP contribution in [0.15, 0.2) is 34.7 Å². The Morgan fingerprint density at radius 1 is 1.30 bits per heavy atom. The van der Waals surface area contributed by atoms with E-state index in [0.29, 0.717) is 24.4 Å². The number of hydrogen-bond donors (Lipinski definition) is 2. The van der Waals surface area contributed by atoms with E-state index >= 15 is 0 Å². The van der Waals surface area contributed by atoms with Gasteiger partial charge in [0, 0.05) is 24.2 Å². The van der Waals surface area contributed by atoms with Gasteiger partial charge in [0.15, 0.2) is 0 Å². The molecule has 0 aliphatic rings. The van der Waals surface area contributed by atoms with Gasteiger partial charge in [0.05, 0.1) is 0 Å². The summed E-state index contributed by atoms with van der Waals surface area (Å²) in [6, 6.07) is 8.44. The van der Waals surface area contributed by atoms with Crippen molar-refractivity contribution in [2.24, 2.45) is 0 Å². The Hall–Kier alpha value is -1.65. The highest BCUT2D eigenvalue weighted by molar-refractivity contribution is 5.27. The highest BCUT2D eigenvalue weighted by Gasteiger charge is 2.27. The first kappa shape index (κ1) is 14.8. The molecule has 0 amide bonds. The predicted molar refractivity (Wildman–Crippen MR) is 75.9 cm³/mol. The molecule has 1 aromatic carbocycles. The molecule has 20 heavy (non-hydrogen) atoms. The molecule has 3 nitrogen and oxygen atoms in total. The minimum Gasteiger partial charge on any atom is -0.466 e. The van der Waals surface area contributed by atoms with Crippen LogP contribution in [-0.2, 0) is 12.1 Å². The van der Waals surface area contributed by atoms with E-state index in [1.807, 2.05) is 19.9 Å². The number of rotatable bonds is 5. The topological polar surface area (TPSA) is 45.4 Å². The van der Waals surface area contributed by atoms with Gasteiger partial charge >= 0.3 is 0 Å². The third-order valence-corrected chi connectivity index (χ3v) is 3.36. The molecule has 1 unspecified atom stereocenters. The van der Waals surface area contributed by atoms with E-state index in [1.165, 1.54) is 6.07 Å². The van der Waals surface area contributed by atoms with Crippen molar-refractivity contribution in [2.75, 3.05) is 6.54 Å². The Kier molecular flexibility index (Phi) is 4.26. The van der Waals surface area contributed by atoms with Crippen LogP contribution in [0.1, 0.15) is 29.6 Å². The average Bonchev–Trinajstić information content (AvgIpc) is 2.72. The number of aryl methyl sites for hydroxylation is 2. The second-order valence-electron chi connectivity index (χ2n) is 5.30. The van der Waals surface area contributed by atoms with Gasteiger partial charge in [-0.25, -0.2) is 4.39 Å². The number of halogens is 1. The van der Waals surface area contributed by atoms with Crippen LogP contribution < -0.4 is 5.32 Å². The van der Waals surface area contributed by atoms with Crippen molar-refractivity contribution in [1.82, 2.24) is 5.32 Å². The summed E-state index contributed by atoms with van der Waals surface area (Å²) >= 11 is 0. The molecule has 1 heterocycles. The summed E-state index contributed by atoms with van der Waals surface area (Å²) in [6.07, 6.45) is 0. The van der Waals surface area contributed by atoms with Gasteiger partial charge in [-0.3, -0.25) is 0 Å². The summed E-state index contributed by atoms with van der Waals surface area (Å²) in [7, 11) is 0. The van der Waals surface area contributed by atoms with E-state index in [-0.39, 0.29) is 5.82 Å². The summed E-state index contributed by atoms with van der Waals surface area (Å²) in [5.41, 5.74) is 0.298. The van der Waals surface area contributed by atoms with Gasteiger partial charge in [0.25, 0.3) is 0 Å². The number of hydrogen-bond acceptors (Lipinski definition) is 3. The lowest BCUT2D eigenvalue weighted by atomic mass is 9.96. The molecule has 0 fully saturated rings. The smallest absolute Gasteiger partial charge is 0.127 e. The van der Waals surface area contributed by atoms with Crippen LogP contribution in [0.4, 0.5) is 4.39 Å². The van der Waals surface area contributed by atoms with Gasteiger partial charge in [-0.1, -0.05) is 18.2 Å². The molecule has 2 rings (SSSR count). The summed E-state index contributed by atoms with van der Waals surface area (Å²) < 4.78 is 18.9. The molecule has 0 radical (unpaired) electrons. The molecule has 1 aromatic heterocycles. The highest BCUT2D eigenvalue weighted by atomic mass is 19.1. The summed E-state index contributed by atoms with van der Waals surface area (Å²) in [5, 5.41) is 13.6. The second kappa shape index (κ2) is 5.77. The second-order valence-corrected chi connectivity index (χ2v) is 5.30. The van der Waals surface area contributed by atoms with E-state index in [1.54, 1.807) is 25.1 Å². The molecule has 2 aromatic rings. The molecule has 0 aliphatic carbocycles. The third kappa shape index (κ3) is 3.26. The molecule has 2 N–H and O–H groups in total. The molecule has 0 bridgehead atoms. The Morgan fingerprint density at radius 3 is 2.60 bits per heavy atom. The third-order valence-electron chi connectivity index (χ3n) is 3.36. The zero-order valence-corrected chi connectivity index (χ0v) is 12.0. The lowest BCUT2D eigenvalue weighted by molar-refractivity contribution is 0.0551. The Labute approximate surface area is 118 Å². The number of aliphatic hydroxyl groups is 1. The van der Waals surface area contributed by atoms with E-state index in [2.05, 4.69) is 5.32 Å². The summed E-state index contributed by atoms with van der Waals surface area (Å²) in [5.74, 6) is 1.24. The standard InChI is InChI=1S/C16H20FNO2/c1-11-8-14(12(2)20-11)16(3,19)10-18-9-13-6-4-5-7-15(13)17/h4-8,18-19H,9-10H2,1-3H3. The van der Waals surface area contributed by atoms with Gasteiger partial charge in [-0.05, 0) is 32.9 Å². The average molecular weight is 277 g/mol. The maximum Gasteiger partial charge on any atom is 0.127 e. The van der Waals surface area contributed by atoms with Crippen molar-refractivity contribution in [2.45, 2.75) is 32.9 Å². The minimum atomic E-state index is -1.05. The normalized spacial score (nSPS) is 14.2. The monoisotopic (exact) mass is 277 g/mol. The first-order valence-corrected chi connectivity index (χ1v) is 6.64. The minimum absolute atomic E-state index is 0.241. The Bertz CT molecular complexity index is 590. The molecule has 0 spiro atoms.